The van der Waals surface area contributed by atoms with E-state index in [1.165, 1.54) is 30.4 Å². The predicted molar refractivity (Wildman–Crippen MR) is 76.2 cm³/mol. The van der Waals surface area contributed by atoms with Crippen LogP contribution < -0.4 is 5.32 Å². The van der Waals surface area contributed by atoms with Gasteiger partial charge in [-0.2, -0.15) is 0 Å². The Morgan fingerprint density at radius 2 is 1.76 bits per heavy atom. The molecule has 0 saturated carbocycles. The summed E-state index contributed by atoms with van der Waals surface area (Å²) in [4.78, 5) is 0. The molecule has 1 heteroatoms. The summed E-state index contributed by atoms with van der Waals surface area (Å²) in [6.45, 7) is 10.1. The van der Waals surface area contributed by atoms with Gasteiger partial charge in [-0.25, -0.2) is 0 Å². The van der Waals surface area contributed by atoms with Crippen LogP contribution in [0.5, 0.6) is 0 Å². The number of rotatable bonds is 7. The Morgan fingerprint density at radius 1 is 1.06 bits per heavy atom. The topological polar surface area (TPSA) is 12.0 Å². The van der Waals surface area contributed by atoms with Gasteiger partial charge in [-0.15, -0.1) is 0 Å². The molecule has 0 saturated heterocycles. The normalized spacial score (nSPS) is 13.0. The summed E-state index contributed by atoms with van der Waals surface area (Å²) >= 11 is 0. The summed E-state index contributed by atoms with van der Waals surface area (Å²) in [6, 6.07) is 9.23. The molecule has 1 N–H and O–H groups in total. The average Bonchev–Trinajstić information content (AvgIpc) is 2.27. The first-order valence-electron chi connectivity index (χ1n) is 6.87. The third-order valence-electron chi connectivity index (χ3n) is 3.32. The smallest absolute Gasteiger partial charge is 0.0210 e. The highest BCUT2D eigenvalue weighted by atomic mass is 14.9. The van der Waals surface area contributed by atoms with E-state index in [9.17, 15) is 0 Å². The van der Waals surface area contributed by atoms with Crippen LogP contribution >= 0.6 is 0 Å². The molecule has 1 unspecified atom stereocenters. The van der Waals surface area contributed by atoms with E-state index < -0.39 is 0 Å². The van der Waals surface area contributed by atoms with Gasteiger partial charge in [0, 0.05) is 12.6 Å². The molecule has 1 atom stereocenters. The molecule has 0 heterocycles. The van der Waals surface area contributed by atoms with Crippen LogP contribution in [0.15, 0.2) is 24.3 Å². The molecular weight excluding hydrogens is 206 g/mol. The van der Waals surface area contributed by atoms with Crippen LogP contribution in [-0.2, 0) is 6.54 Å². The maximum absolute atomic E-state index is 3.61. The second-order valence-corrected chi connectivity index (χ2v) is 5.53. The molecule has 1 rings (SSSR count). The quantitative estimate of drug-likeness (QED) is 0.740. The van der Waals surface area contributed by atoms with E-state index in [0.717, 1.165) is 12.5 Å². The lowest BCUT2D eigenvalue weighted by Gasteiger charge is -2.15. The van der Waals surface area contributed by atoms with Crippen LogP contribution in [0, 0.1) is 12.8 Å². The average molecular weight is 233 g/mol. The van der Waals surface area contributed by atoms with Gasteiger partial charge in [-0.05, 0) is 37.3 Å². The Balaban J connectivity index is 2.24. The molecule has 1 nitrogen and oxygen atoms in total. The fourth-order valence-electron chi connectivity index (χ4n) is 2.03. The van der Waals surface area contributed by atoms with Gasteiger partial charge in [0.1, 0.15) is 0 Å². The maximum Gasteiger partial charge on any atom is 0.0210 e. The van der Waals surface area contributed by atoms with E-state index in [2.05, 4.69) is 57.3 Å². The van der Waals surface area contributed by atoms with Crippen LogP contribution in [0.4, 0.5) is 0 Å². The van der Waals surface area contributed by atoms with Crippen LogP contribution in [0.25, 0.3) is 0 Å². The molecule has 0 aliphatic heterocycles. The Hall–Kier alpha value is -0.820. The number of aryl methyl sites for hydroxylation is 1. The summed E-state index contributed by atoms with van der Waals surface area (Å²) in [7, 11) is 0. The SMILES string of the molecule is Cc1ccccc1CNC(C)CCCC(C)C. The second-order valence-electron chi connectivity index (χ2n) is 5.53. The Kier molecular flexibility index (Phi) is 6.28. The largest absolute Gasteiger partial charge is 0.310 e. The zero-order valence-corrected chi connectivity index (χ0v) is 11.8. The number of benzene rings is 1. The Bertz CT molecular complexity index is 317. The van der Waals surface area contributed by atoms with Gasteiger partial charge >= 0.3 is 0 Å². The van der Waals surface area contributed by atoms with E-state index >= 15 is 0 Å². The van der Waals surface area contributed by atoms with Crippen molar-refractivity contribution in [3.05, 3.63) is 35.4 Å². The minimum absolute atomic E-state index is 0.619. The van der Waals surface area contributed by atoms with Gasteiger partial charge in [-0.1, -0.05) is 51.0 Å². The minimum atomic E-state index is 0.619. The highest BCUT2D eigenvalue weighted by Gasteiger charge is 2.03. The second kappa shape index (κ2) is 7.50. The lowest BCUT2D eigenvalue weighted by atomic mass is 10.0. The molecule has 96 valence electrons. The molecule has 0 bridgehead atoms. The zero-order chi connectivity index (χ0) is 12.7. The third kappa shape index (κ3) is 5.88. The molecule has 0 spiro atoms. The number of hydrogen-bond donors (Lipinski definition) is 1. The molecule has 0 fully saturated rings. The van der Waals surface area contributed by atoms with Crippen LogP contribution in [-0.4, -0.2) is 6.04 Å². The summed E-state index contributed by atoms with van der Waals surface area (Å²) in [5.74, 6) is 0.832. The number of nitrogens with one attached hydrogen (secondary N) is 1. The molecule has 1 aromatic rings. The van der Waals surface area contributed by atoms with Crippen molar-refractivity contribution >= 4 is 0 Å². The van der Waals surface area contributed by atoms with E-state index in [1.54, 1.807) is 0 Å². The van der Waals surface area contributed by atoms with Crippen molar-refractivity contribution in [3.8, 4) is 0 Å². The first-order chi connectivity index (χ1) is 8.09. The Morgan fingerprint density at radius 3 is 2.41 bits per heavy atom. The Labute approximate surface area is 107 Å². The monoisotopic (exact) mass is 233 g/mol. The van der Waals surface area contributed by atoms with Gasteiger partial charge in [0.25, 0.3) is 0 Å². The fraction of sp³-hybridized carbons (Fsp3) is 0.625. The van der Waals surface area contributed by atoms with Crippen molar-refractivity contribution in [1.29, 1.82) is 0 Å². The van der Waals surface area contributed by atoms with Crippen LogP contribution in [0.3, 0.4) is 0 Å². The van der Waals surface area contributed by atoms with Gasteiger partial charge in [0.05, 0.1) is 0 Å². The van der Waals surface area contributed by atoms with Crippen LogP contribution in [0.1, 0.15) is 51.2 Å². The van der Waals surface area contributed by atoms with Gasteiger partial charge in [0.2, 0.25) is 0 Å². The first-order valence-corrected chi connectivity index (χ1v) is 6.87. The summed E-state index contributed by atoms with van der Waals surface area (Å²) in [5, 5.41) is 3.61. The van der Waals surface area contributed by atoms with Crippen molar-refractivity contribution in [2.75, 3.05) is 0 Å². The highest BCUT2D eigenvalue weighted by Crippen LogP contribution is 2.10. The van der Waals surface area contributed by atoms with Crippen molar-refractivity contribution in [3.63, 3.8) is 0 Å². The molecule has 0 amide bonds. The van der Waals surface area contributed by atoms with Gasteiger partial charge in [-0.3, -0.25) is 0 Å². The summed E-state index contributed by atoms with van der Waals surface area (Å²) < 4.78 is 0. The van der Waals surface area contributed by atoms with Crippen molar-refractivity contribution in [1.82, 2.24) is 5.32 Å². The third-order valence-corrected chi connectivity index (χ3v) is 3.32. The number of hydrogen-bond acceptors (Lipinski definition) is 1. The van der Waals surface area contributed by atoms with E-state index in [0.29, 0.717) is 6.04 Å². The standard InChI is InChI=1S/C16H27N/c1-13(2)8-7-10-15(4)17-12-16-11-6-5-9-14(16)3/h5-6,9,11,13,15,17H,7-8,10,12H2,1-4H3. The lowest BCUT2D eigenvalue weighted by molar-refractivity contribution is 0.457. The maximum atomic E-state index is 3.61. The van der Waals surface area contributed by atoms with Gasteiger partial charge in [0.15, 0.2) is 0 Å². The molecule has 0 radical (unpaired) electrons. The first kappa shape index (κ1) is 14.2. The van der Waals surface area contributed by atoms with Crippen molar-refractivity contribution in [2.45, 2.75) is 59.5 Å². The van der Waals surface area contributed by atoms with Crippen LogP contribution in [0.2, 0.25) is 0 Å². The van der Waals surface area contributed by atoms with Crippen molar-refractivity contribution in [2.24, 2.45) is 5.92 Å². The summed E-state index contributed by atoms with van der Waals surface area (Å²) in [5.41, 5.74) is 2.80. The fourth-order valence-corrected chi connectivity index (χ4v) is 2.03. The molecule has 1 aromatic carbocycles. The molecule has 17 heavy (non-hydrogen) atoms. The molecule has 0 aliphatic rings. The highest BCUT2D eigenvalue weighted by molar-refractivity contribution is 5.25. The molecule has 0 aromatic heterocycles. The van der Waals surface area contributed by atoms with Crippen molar-refractivity contribution < 1.29 is 0 Å². The zero-order valence-electron chi connectivity index (χ0n) is 11.8. The minimum Gasteiger partial charge on any atom is -0.310 e. The summed E-state index contributed by atoms with van der Waals surface area (Å²) in [6.07, 6.45) is 3.96. The molecular formula is C16H27N. The molecule has 0 aliphatic carbocycles. The van der Waals surface area contributed by atoms with E-state index in [4.69, 9.17) is 0 Å². The lowest BCUT2D eigenvalue weighted by Crippen LogP contribution is -2.25. The van der Waals surface area contributed by atoms with Gasteiger partial charge < -0.3 is 5.32 Å². The van der Waals surface area contributed by atoms with E-state index in [1.807, 2.05) is 0 Å². The van der Waals surface area contributed by atoms with E-state index in [-0.39, 0.29) is 0 Å². The predicted octanol–water partition coefficient (Wildman–Crippen LogP) is 4.30.